The molecule has 1 aliphatic carbocycles. The van der Waals surface area contributed by atoms with Crippen molar-refractivity contribution >= 4 is 5.91 Å². The number of halogens is 2. The molecule has 1 amide bonds. The lowest BCUT2D eigenvalue weighted by atomic mass is 9.69. The first-order chi connectivity index (χ1) is 7.01. The first-order valence-electron chi connectivity index (χ1n) is 5.59. The average Bonchev–Trinajstić information content (AvgIpc) is 2.05. The summed E-state index contributed by atoms with van der Waals surface area (Å²) in [6.45, 7) is 3.07. The van der Waals surface area contributed by atoms with Crippen molar-refractivity contribution in [2.45, 2.75) is 39.0 Å². The lowest BCUT2D eigenvalue weighted by Crippen LogP contribution is -2.56. The number of likely N-dealkylation sites (tertiary alicyclic amines) is 1. The molecule has 0 N–H and O–H groups in total. The Balaban J connectivity index is 1.77. The number of rotatable bonds is 3. The maximum atomic E-state index is 12.0. The summed E-state index contributed by atoms with van der Waals surface area (Å²) < 4.78 is 24.1. The molecular weight excluding hydrogens is 200 g/mol. The Morgan fingerprint density at radius 1 is 1.47 bits per heavy atom. The van der Waals surface area contributed by atoms with E-state index >= 15 is 0 Å². The van der Waals surface area contributed by atoms with Gasteiger partial charge in [0.1, 0.15) is 0 Å². The topological polar surface area (TPSA) is 20.3 Å². The second kappa shape index (κ2) is 3.72. The third-order valence-electron chi connectivity index (χ3n) is 3.73. The third kappa shape index (κ3) is 1.99. The average molecular weight is 217 g/mol. The van der Waals surface area contributed by atoms with Gasteiger partial charge in [0.25, 0.3) is 0 Å². The summed E-state index contributed by atoms with van der Waals surface area (Å²) in [5.41, 5.74) is -0.171. The van der Waals surface area contributed by atoms with Crippen molar-refractivity contribution in [2.75, 3.05) is 13.1 Å². The van der Waals surface area contributed by atoms with Crippen molar-refractivity contribution in [2.24, 2.45) is 11.3 Å². The molecule has 0 unspecified atom stereocenters. The first-order valence-corrected chi connectivity index (χ1v) is 5.59. The fourth-order valence-electron chi connectivity index (χ4n) is 2.44. The molecule has 0 aromatic heterocycles. The molecule has 2 fully saturated rings. The first kappa shape index (κ1) is 10.8. The highest BCUT2D eigenvalue weighted by molar-refractivity contribution is 5.83. The van der Waals surface area contributed by atoms with Crippen LogP contribution < -0.4 is 0 Å². The molecule has 0 bridgehead atoms. The molecule has 2 rings (SSSR count). The van der Waals surface area contributed by atoms with Crippen LogP contribution in [-0.4, -0.2) is 30.3 Å². The van der Waals surface area contributed by atoms with E-state index in [1.165, 1.54) is 0 Å². The fraction of sp³-hybridized carbons (Fsp3) is 0.909. The van der Waals surface area contributed by atoms with Crippen LogP contribution in [0.1, 0.15) is 32.6 Å². The summed E-state index contributed by atoms with van der Waals surface area (Å²) in [7, 11) is 0. The van der Waals surface area contributed by atoms with Gasteiger partial charge in [-0.15, -0.1) is 0 Å². The van der Waals surface area contributed by atoms with E-state index in [4.69, 9.17) is 0 Å². The zero-order chi connectivity index (χ0) is 11.1. The number of amides is 1. The van der Waals surface area contributed by atoms with Gasteiger partial charge in [-0.2, -0.15) is 0 Å². The standard InChI is InChI=1S/C11H17F2NO/c1-11(3-2-4-11)10(15)14-6-8(7-14)5-9(12)13/h8-9H,2-7H2,1H3. The minimum Gasteiger partial charge on any atom is -0.342 e. The van der Waals surface area contributed by atoms with Crippen LogP contribution in [0.4, 0.5) is 8.78 Å². The number of hydrogen-bond donors (Lipinski definition) is 0. The fourth-order valence-corrected chi connectivity index (χ4v) is 2.44. The Morgan fingerprint density at radius 2 is 2.07 bits per heavy atom. The van der Waals surface area contributed by atoms with Crippen LogP contribution in [0.2, 0.25) is 0 Å². The summed E-state index contributed by atoms with van der Waals surface area (Å²) in [5.74, 6) is 0.205. The van der Waals surface area contributed by atoms with Crippen molar-refractivity contribution in [3.8, 4) is 0 Å². The third-order valence-corrected chi connectivity index (χ3v) is 3.73. The molecule has 0 aromatic carbocycles. The molecule has 1 saturated carbocycles. The van der Waals surface area contributed by atoms with Gasteiger partial charge in [0.05, 0.1) is 0 Å². The molecule has 0 atom stereocenters. The second-order valence-electron chi connectivity index (χ2n) is 5.12. The smallest absolute Gasteiger partial charge is 0.239 e. The molecule has 1 heterocycles. The van der Waals surface area contributed by atoms with E-state index < -0.39 is 6.43 Å². The van der Waals surface area contributed by atoms with Gasteiger partial charge in [0.15, 0.2) is 0 Å². The van der Waals surface area contributed by atoms with Crippen LogP contribution in [-0.2, 0) is 4.79 Å². The van der Waals surface area contributed by atoms with E-state index in [1.54, 1.807) is 4.90 Å². The summed E-state index contributed by atoms with van der Waals surface area (Å²) in [6.07, 6.45) is 0.757. The van der Waals surface area contributed by atoms with Crippen LogP contribution in [0, 0.1) is 11.3 Å². The number of alkyl halides is 2. The Kier molecular flexibility index (Phi) is 2.69. The van der Waals surface area contributed by atoms with Gasteiger partial charge in [-0.05, 0) is 18.8 Å². The van der Waals surface area contributed by atoms with E-state index in [2.05, 4.69) is 0 Å². The lowest BCUT2D eigenvalue weighted by Gasteiger charge is -2.47. The van der Waals surface area contributed by atoms with Crippen LogP contribution in [0.5, 0.6) is 0 Å². The number of hydrogen-bond acceptors (Lipinski definition) is 1. The Morgan fingerprint density at radius 3 is 2.47 bits per heavy atom. The quantitative estimate of drug-likeness (QED) is 0.710. The summed E-state index contributed by atoms with van der Waals surface area (Å²) in [4.78, 5) is 13.6. The Hall–Kier alpha value is -0.670. The maximum absolute atomic E-state index is 12.0. The van der Waals surface area contributed by atoms with E-state index in [0.717, 1.165) is 19.3 Å². The SMILES string of the molecule is CC1(C(=O)N2CC(CC(F)F)C2)CCC1. The van der Waals surface area contributed by atoms with Gasteiger partial charge in [0.2, 0.25) is 12.3 Å². The highest BCUT2D eigenvalue weighted by Gasteiger charge is 2.45. The molecule has 4 heteroatoms. The summed E-state index contributed by atoms with van der Waals surface area (Å²) >= 11 is 0. The zero-order valence-electron chi connectivity index (χ0n) is 9.01. The minimum atomic E-state index is -2.23. The van der Waals surface area contributed by atoms with Crippen molar-refractivity contribution in [3.05, 3.63) is 0 Å². The van der Waals surface area contributed by atoms with Crippen molar-refractivity contribution in [1.29, 1.82) is 0 Å². The van der Waals surface area contributed by atoms with Gasteiger partial charge in [0, 0.05) is 24.9 Å². The second-order valence-corrected chi connectivity index (χ2v) is 5.12. The van der Waals surface area contributed by atoms with E-state index in [-0.39, 0.29) is 23.7 Å². The number of nitrogens with zero attached hydrogens (tertiary/aromatic N) is 1. The molecule has 15 heavy (non-hydrogen) atoms. The molecule has 1 saturated heterocycles. The zero-order valence-corrected chi connectivity index (χ0v) is 9.01. The van der Waals surface area contributed by atoms with E-state index in [1.807, 2.05) is 6.92 Å². The van der Waals surface area contributed by atoms with Crippen LogP contribution in [0.3, 0.4) is 0 Å². The minimum absolute atomic E-state index is 0.0256. The molecular formula is C11H17F2NO. The highest BCUT2D eigenvalue weighted by Crippen LogP contribution is 2.43. The predicted octanol–water partition coefficient (Wildman–Crippen LogP) is 2.29. The molecule has 86 valence electrons. The van der Waals surface area contributed by atoms with Gasteiger partial charge >= 0.3 is 0 Å². The predicted molar refractivity (Wildman–Crippen MR) is 52.6 cm³/mol. The number of carbonyl (C=O) groups excluding carboxylic acids is 1. The molecule has 1 aliphatic heterocycles. The van der Waals surface area contributed by atoms with Crippen LogP contribution >= 0.6 is 0 Å². The Bertz CT molecular complexity index is 257. The van der Waals surface area contributed by atoms with Crippen LogP contribution in [0.15, 0.2) is 0 Å². The maximum Gasteiger partial charge on any atom is 0.239 e. The van der Waals surface area contributed by atoms with Crippen molar-refractivity contribution < 1.29 is 13.6 Å². The largest absolute Gasteiger partial charge is 0.342 e. The molecule has 0 spiro atoms. The van der Waals surface area contributed by atoms with Gasteiger partial charge < -0.3 is 4.90 Å². The van der Waals surface area contributed by atoms with Gasteiger partial charge in [-0.3, -0.25) is 4.79 Å². The normalized spacial score (nSPS) is 24.9. The van der Waals surface area contributed by atoms with E-state index in [0.29, 0.717) is 13.1 Å². The highest BCUT2D eigenvalue weighted by atomic mass is 19.3. The van der Waals surface area contributed by atoms with Gasteiger partial charge in [-0.1, -0.05) is 13.3 Å². The Labute approximate surface area is 88.6 Å². The molecule has 2 aliphatic rings. The summed E-state index contributed by atoms with van der Waals surface area (Å²) in [6, 6.07) is 0. The molecule has 0 aromatic rings. The van der Waals surface area contributed by atoms with Crippen molar-refractivity contribution in [3.63, 3.8) is 0 Å². The van der Waals surface area contributed by atoms with Gasteiger partial charge in [-0.25, -0.2) is 8.78 Å². The van der Waals surface area contributed by atoms with E-state index in [9.17, 15) is 13.6 Å². The number of carbonyl (C=O) groups is 1. The summed E-state index contributed by atoms with van der Waals surface area (Å²) in [5, 5.41) is 0. The molecule has 2 nitrogen and oxygen atoms in total. The molecule has 0 radical (unpaired) electrons. The lowest BCUT2D eigenvalue weighted by molar-refractivity contribution is -0.153. The van der Waals surface area contributed by atoms with Crippen molar-refractivity contribution in [1.82, 2.24) is 4.90 Å². The monoisotopic (exact) mass is 217 g/mol. The van der Waals surface area contributed by atoms with Crippen LogP contribution in [0.25, 0.3) is 0 Å².